The summed E-state index contributed by atoms with van der Waals surface area (Å²) in [5.74, 6) is 1.83. The molecular weight excluding hydrogens is 340 g/mol. The molecule has 0 bridgehead atoms. The van der Waals surface area contributed by atoms with E-state index in [1.54, 1.807) is 0 Å². The van der Waals surface area contributed by atoms with Gasteiger partial charge in [-0.15, -0.1) is 0 Å². The summed E-state index contributed by atoms with van der Waals surface area (Å²) < 4.78 is 6.34. The van der Waals surface area contributed by atoms with Crippen molar-refractivity contribution >= 4 is 0 Å². The van der Waals surface area contributed by atoms with Crippen molar-refractivity contribution in [2.24, 2.45) is 0 Å². The lowest BCUT2D eigenvalue weighted by molar-refractivity contribution is 0.483. The molecule has 0 atom stereocenters. The van der Waals surface area contributed by atoms with Crippen molar-refractivity contribution in [3.63, 3.8) is 0 Å². The van der Waals surface area contributed by atoms with E-state index in [4.69, 9.17) is 4.74 Å². The maximum absolute atomic E-state index is 6.34. The molecule has 0 fully saturated rings. The number of benzene rings is 3. The van der Waals surface area contributed by atoms with Gasteiger partial charge >= 0.3 is 0 Å². The minimum Gasteiger partial charge on any atom is -0.457 e. The fourth-order valence-electron chi connectivity index (χ4n) is 3.85. The molecule has 0 aliphatic carbocycles. The molecule has 0 amide bonds. The van der Waals surface area contributed by atoms with Crippen molar-refractivity contribution in [2.75, 3.05) is 0 Å². The molecule has 0 aliphatic rings. The van der Waals surface area contributed by atoms with Crippen LogP contribution in [0.1, 0.15) is 55.7 Å². The van der Waals surface area contributed by atoms with Crippen LogP contribution in [0.15, 0.2) is 66.7 Å². The van der Waals surface area contributed by atoms with Crippen LogP contribution in [0.4, 0.5) is 0 Å². The summed E-state index contributed by atoms with van der Waals surface area (Å²) in [6.45, 7) is 6.69. The SMILES string of the molecule is CCCCCCCc1c(C)cc(Oc2ccccc2-c2ccccc2)cc1C. The molecule has 3 rings (SSSR count). The highest BCUT2D eigenvalue weighted by atomic mass is 16.5. The van der Waals surface area contributed by atoms with Gasteiger partial charge in [-0.1, -0.05) is 81.1 Å². The third kappa shape index (κ3) is 5.25. The van der Waals surface area contributed by atoms with E-state index in [1.165, 1.54) is 60.8 Å². The monoisotopic (exact) mass is 372 g/mol. The lowest BCUT2D eigenvalue weighted by atomic mass is 9.96. The van der Waals surface area contributed by atoms with E-state index < -0.39 is 0 Å². The second-order valence-corrected chi connectivity index (χ2v) is 7.66. The van der Waals surface area contributed by atoms with Crippen LogP contribution in [0, 0.1) is 13.8 Å². The van der Waals surface area contributed by atoms with E-state index in [1.807, 2.05) is 12.1 Å². The zero-order valence-electron chi connectivity index (χ0n) is 17.5. The highest BCUT2D eigenvalue weighted by Gasteiger charge is 2.10. The Kier molecular flexibility index (Phi) is 7.31. The lowest BCUT2D eigenvalue weighted by Gasteiger charge is -2.15. The summed E-state index contributed by atoms with van der Waals surface area (Å²) in [7, 11) is 0. The number of para-hydroxylation sites is 1. The van der Waals surface area contributed by atoms with Gasteiger partial charge in [0.2, 0.25) is 0 Å². The Morgan fingerprint density at radius 3 is 2.07 bits per heavy atom. The normalized spacial score (nSPS) is 10.8. The van der Waals surface area contributed by atoms with E-state index in [0.29, 0.717) is 0 Å². The molecule has 1 heteroatoms. The molecule has 0 radical (unpaired) electrons. The van der Waals surface area contributed by atoms with Crippen LogP contribution >= 0.6 is 0 Å². The van der Waals surface area contributed by atoms with E-state index in [9.17, 15) is 0 Å². The molecule has 0 spiro atoms. The molecule has 0 N–H and O–H groups in total. The smallest absolute Gasteiger partial charge is 0.135 e. The molecule has 28 heavy (non-hydrogen) atoms. The second kappa shape index (κ2) is 10.1. The molecular formula is C27H32O. The maximum Gasteiger partial charge on any atom is 0.135 e. The summed E-state index contributed by atoms with van der Waals surface area (Å²) in [6.07, 6.45) is 7.78. The van der Waals surface area contributed by atoms with Gasteiger partial charge < -0.3 is 4.74 Å². The summed E-state index contributed by atoms with van der Waals surface area (Å²) in [6, 6.07) is 23.1. The van der Waals surface area contributed by atoms with Crippen LogP contribution < -0.4 is 4.74 Å². The Bertz CT molecular complexity index is 857. The van der Waals surface area contributed by atoms with Gasteiger partial charge in [-0.3, -0.25) is 0 Å². The van der Waals surface area contributed by atoms with Gasteiger partial charge in [-0.05, 0) is 67.1 Å². The highest BCUT2D eigenvalue weighted by molar-refractivity contribution is 5.70. The Labute approximate surface area is 170 Å². The van der Waals surface area contributed by atoms with Gasteiger partial charge in [0.15, 0.2) is 0 Å². The van der Waals surface area contributed by atoms with Gasteiger partial charge in [0.05, 0.1) is 0 Å². The van der Waals surface area contributed by atoms with E-state index in [-0.39, 0.29) is 0 Å². The number of aryl methyl sites for hydroxylation is 2. The first kappa shape index (κ1) is 20.2. The lowest BCUT2D eigenvalue weighted by Crippen LogP contribution is -1.97. The minimum atomic E-state index is 0.903. The molecule has 0 unspecified atom stereocenters. The fourth-order valence-corrected chi connectivity index (χ4v) is 3.85. The van der Waals surface area contributed by atoms with Crippen molar-refractivity contribution in [3.8, 4) is 22.6 Å². The van der Waals surface area contributed by atoms with Crippen molar-refractivity contribution in [1.82, 2.24) is 0 Å². The molecule has 0 saturated heterocycles. The zero-order valence-corrected chi connectivity index (χ0v) is 17.5. The maximum atomic E-state index is 6.34. The average molecular weight is 373 g/mol. The van der Waals surface area contributed by atoms with Crippen molar-refractivity contribution < 1.29 is 4.74 Å². The Hall–Kier alpha value is -2.54. The third-order valence-electron chi connectivity index (χ3n) is 5.40. The molecule has 3 aromatic rings. The first-order chi connectivity index (χ1) is 13.7. The first-order valence-corrected chi connectivity index (χ1v) is 10.6. The predicted molar refractivity (Wildman–Crippen MR) is 120 cm³/mol. The molecule has 0 heterocycles. The van der Waals surface area contributed by atoms with E-state index >= 15 is 0 Å². The standard InChI is InChI=1S/C27H32O/c1-4-5-6-7-11-16-25-21(2)19-24(20-22(25)3)28-27-18-13-12-17-26(27)23-14-9-8-10-15-23/h8-10,12-15,17-20H,4-7,11,16H2,1-3H3. The predicted octanol–water partition coefficient (Wildman–Crippen LogP) is 8.28. The van der Waals surface area contributed by atoms with Crippen LogP contribution in [0.3, 0.4) is 0 Å². The third-order valence-corrected chi connectivity index (χ3v) is 5.40. The zero-order chi connectivity index (χ0) is 19.8. The van der Waals surface area contributed by atoms with Crippen molar-refractivity contribution in [3.05, 3.63) is 83.4 Å². The van der Waals surface area contributed by atoms with Crippen LogP contribution in [-0.4, -0.2) is 0 Å². The van der Waals surface area contributed by atoms with E-state index in [0.717, 1.165) is 17.1 Å². The topological polar surface area (TPSA) is 9.23 Å². The summed E-state index contributed by atoms with van der Waals surface area (Å²) in [5, 5.41) is 0. The minimum absolute atomic E-state index is 0.903. The number of unbranched alkanes of at least 4 members (excludes halogenated alkanes) is 4. The van der Waals surface area contributed by atoms with Crippen molar-refractivity contribution in [1.29, 1.82) is 0 Å². The average Bonchev–Trinajstić information content (AvgIpc) is 2.71. The Morgan fingerprint density at radius 1 is 0.714 bits per heavy atom. The molecule has 1 nitrogen and oxygen atoms in total. The summed E-state index contributed by atoms with van der Waals surface area (Å²) in [4.78, 5) is 0. The fraction of sp³-hybridized carbons (Fsp3) is 0.333. The van der Waals surface area contributed by atoms with Gasteiger partial charge in [0.25, 0.3) is 0 Å². The number of ether oxygens (including phenoxy) is 1. The number of hydrogen-bond donors (Lipinski definition) is 0. The molecule has 146 valence electrons. The van der Waals surface area contributed by atoms with Crippen LogP contribution in [-0.2, 0) is 6.42 Å². The van der Waals surface area contributed by atoms with Crippen LogP contribution in [0.5, 0.6) is 11.5 Å². The molecule has 0 aliphatic heterocycles. The quantitative estimate of drug-likeness (QED) is 0.343. The molecule has 3 aromatic carbocycles. The highest BCUT2D eigenvalue weighted by Crippen LogP contribution is 2.34. The van der Waals surface area contributed by atoms with E-state index in [2.05, 4.69) is 75.4 Å². The van der Waals surface area contributed by atoms with Crippen LogP contribution in [0.25, 0.3) is 11.1 Å². The van der Waals surface area contributed by atoms with Gasteiger partial charge in [-0.25, -0.2) is 0 Å². The largest absolute Gasteiger partial charge is 0.457 e. The number of rotatable bonds is 9. The molecule has 0 aromatic heterocycles. The first-order valence-electron chi connectivity index (χ1n) is 10.6. The summed E-state index contributed by atoms with van der Waals surface area (Å²) in [5.41, 5.74) is 6.46. The Balaban J connectivity index is 1.76. The second-order valence-electron chi connectivity index (χ2n) is 7.66. The molecule has 0 saturated carbocycles. The Morgan fingerprint density at radius 2 is 1.36 bits per heavy atom. The summed E-state index contributed by atoms with van der Waals surface area (Å²) >= 11 is 0. The number of hydrogen-bond acceptors (Lipinski definition) is 1. The van der Waals surface area contributed by atoms with Gasteiger partial charge in [-0.2, -0.15) is 0 Å². The van der Waals surface area contributed by atoms with Crippen molar-refractivity contribution in [2.45, 2.75) is 59.3 Å². The van der Waals surface area contributed by atoms with Crippen LogP contribution in [0.2, 0.25) is 0 Å². The van der Waals surface area contributed by atoms with Gasteiger partial charge in [0.1, 0.15) is 11.5 Å². The van der Waals surface area contributed by atoms with Gasteiger partial charge in [0, 0.05) is 5.56 Å².